The fraction of sp³-hybridized carbons (Fsp3) is 0.400. The normalized spacial score (nSPS) is 10.1. The topological polar surface area (TPSA) is 79.5 Å². The Morgan fingerprint density at radius 1 is 1.50 bits per heavy atom. The summed E-state index contributed by atoms with van der Waals surface area (Å²) in [5, 5.41) is 10.7. The van der Waals surface area contributed by atoms with Gasteiger partial charge in [0, 0.05) is 6.61 Å². The third kappa shape index (κ3) is 4.50. The molecular weight excluding hydrogens is 230 g/mol. The molecule has 2 N–H and O–H groups in total. The highest BCUT2D eigenvalue weighted by Gasteiger charge is 2.11. The lowest BCUT2D eigenvalue weighted by atomic mass is 10.4. The van der Waals surface area contributed by atoms with E-state index in [9.17, 15) is 9.59 Å². The molecule has 1 heterocycles. The summed E-state index contributed by atoms with van der Waals surface area (Å²) in [5.74, 6) is 0.126. The van der Waals surface area contributed by atoms with Crippen molar-refractivity contribution < 1.29 is 19.1 Å². The maximum Gasteiger partial charge on any atom is 0.293 e. The van der Waals surface area contributed by atoms with Gasteiger partial charge in [-0.05, 0) is 24.3 Å². The summed E-state index contributed by atoms with van der Waals surface area (Å²) in [4.78, 5) is 22.6. The van der Waals surface area contributed by atoms with Gasteiger partial charge >= 0.3 is 0 Å². The smallest absolute Gasteiger partial charge is 0.293 e. The van der Waals surface area contributed by atoms with E-state index < -0.39 is 5.91 Å². The number of hydrogen-bond acceptors (Lipinski definition) is 5. The average molecular weight is 243 g/mol. The Morgan fingerprint density at radius 3 is 2.94 bits per heavy atom. The van der Waals surface area contributed by atoms with Gasteiger partial charge in [0.1, 0.15) is 0 Å². The van der Waals surface area contributed by atoms with E-state index in [0.717, 1.165) is 0 Å². The molecule has 0 atom stereocenters. The van der Waals surface area contributed by atoms with E-state index >= 15 is 0 Å². The minimum absolute atomic E-state index is 0.111. The fourth-order valence-corrected chi connectivity index (χ4v) is 1.70. The number of hydrogen-bond donors (Lipinski definition) is 2. The number of carbonyl (C=O) groups is 2. The van der Waals surface area contributed by atoms with E-state index in [4.69, 9.17) is 9.52 Å². The molecule has 0 bridgehead atoms. The van der Waals surface area contributed by atoms with E-state index in [1.54, 1.807) is 6.07 Å². The zero-order valence-electron chi connectivity index (χ0n) is 8.64. The molecule has 16 heavy (non-hydrogen) atoms. The Morgan fingerprint density at radius 2 is 2.31 bits per heavy atom. The summed E-state index contributed by atoms with van der Waals surface area (Å²) in [6.07, 6.45) is 2.01. The first-order valence-corrected chi connectivity index (χ1v) is 5.96. The van der Waals surface area contributed by atoms with Crippen LogP contribution in [0.4, 0.5) is 0 Å². The standard InChI is InChI=1S/C10H13NO4S/c12-4-2-6-16-7-9(13)11-10(14)8-3-1-5-15-8/h1,3,5,12H,2,4,6-7H2,(H,11,13,14). The van der Waals surface area contributed by atoms with Crippen LogP contribution in [0.15, 0.2) is 22.8 Å². The number of nitrogens with one attached hydrogen (secondary N) is 1. The molecule has 1 rings (SSSR count). The van der Waals surface area contributed by atoms with Crippen LogP contribution in [0.25, 0.3) is 0 Å². The number of furan rings is 1. The molecule has 5 nitrogen and oxygen atoms in total. The molecule has 0 radical (unpaired) electrons. The Kier molecular flexibility index (Phi) is 5.66. The van der Waals surface area contributed by atoms with Crippen LogP contribution in [0, 0.1) is 0 Å². The highest BCUT2D eigenvalue weighted by molar-refractivity contribution is 7.99. The van der Waals surface area contributed by atoms with Crippen LogP contribution in [0.1, 0.15) is 17.0 Å². The molecule has 6 heteroatoms. The Balaban J connectivity index is 2.21. The number of imide groups is 1. The van der Waals surface area contributed by atoms with Gasteiger partial charge in [-0.3, -0.25) is 14.9 Å². The number of carbonyl (C=O) groups excluding carboxylic acids is 2. The van der Waals surface area contributed by atoms with Crippen LogP contribution >= 0.6 is 11.8 Å². The van der Waals surface area contributed by atoms with Gasteiger partial charge in [-0.1, -0.05) is 0 Å². The van der Waals surface area contributed by atoms with Gasteiger partial charge in [0.2, 0.25) is 5.91 Å². The molecule has 0 saturated heterocycles. The van der Waals surface area contributed by atoms with Crippen LogP contribution in [0.2, 0.25) is 0 Å². The first-order valence-electron chi connectivity index (χ1n) is 4.80. The molecule has 0 aromatic carbocycles. The van der Waals surface area contributed by atoms with Crippen molar-refractivity contribution in [3.8, 4) is 0 Å². The van der Waals surface area contributed by atoms with Crippen LogP contribution in [-0.2, 0) is 4.79 Å². The molecule has 0 fully saturated rings. The first kappa shape index (κ1) is 12.8. The van der Waals surface area contributed by atoms with Crippen molar-refractivity contribution in [3.05, 3.63) is 24.2 Å². The lowest BCUT2D eigenvalue weighted by Gasteiger charge is -2.01. The van der Waals surface area contributed by atoms with Crippen molar-refractivity contribution in [3.63, 3.8) is 0 Å². The Hall–Kier alpha value is -1.27. The second-order valence-electron chi connectivity index (χ2n) is 2.98. The summed E-state index contributed by atoms with van der Waals surface area (Å²) in [7, 11) is 0. The van der Waals surface area contributed by atoms with E-state index in [-0.39, 0.29) is 24.0 Å². The predicted molar refractivity (Wildman–Crippen MR) is 60.2 cm³/mol. The summed E-state index contributed by atoms with van der Waals surface area (Å²) < 4.78 is 4.84. The van der Waals surface area contributed by atoms with E-state index in [1.807, 2.05) is 0 Å². The predicted octanol–water partition coefficient (Wildman–Crippen LogP) is 0.652. The van der Waals surface area contributed by atoms with E-state index in [2.05, 4.69) is 5.32 Å². The maximum absolute atomic E-state index is 11.3. The summed E-state index contributed by atoms with van der Waals surface area (Å²) >= 11 is 1.37. The summed E-state index contributed by atoms with van der Waals surface area (Å²) in [6.45, 7) is 0.111. The summed E-state index contributed by atoms with van der Waals surface area (Å²) in [5.41, 5.74) is 0. The second kappa shape index (κ2) is 7.08. The lowest BCUT2D eigenvalue weighted by Crippen LogP contribution is -2.31. The monoisotopic (exact) mass is 243 g/mol. The number of aliphatic hydroxyl groups is 1. The third-order valence-corrected chi connectivity index (χ3v) is 2.72. The zero-order chi connectivity index (χ0) is 11.8. The van der Waals surface area contributed by atoms with Crippen molar-refractivity contribution in [1.29, 1.82) is 0 Å². The highest BCUT2D eigenvalue weighted by atomic mass is 32.2. The minimum Gasteiger partial charge on any atom is -0.459 e. The van der Waals surface area contributed by atoms with Crippen molar-refractivity contribution >= 4 is 23.6 Å². The first-order chi connectivity index (χ1) is 7.74. The number of amides is 2. The van der Waals surface area contributed by atoms with Gasteiger partial charge in [-0.15, -0.1) is 0 Å². The molecule has 0 saturated carbocycles. The highest BCUT2D eigenvalue weighted by Crippen LogP contribution is 2.02. The van der Waals surface area contributed by atoms with Gasteiger partial charge in [0.25, 0.3) is 5.91 Å². The van der Waals surface area contributed by atoms with Crippen molar-refractivity contribution in [1.82, 2.24) is 5.32 Å². The van der Waals surface area contributed by atoms with Gasteiger partial charge < -0.3 is 9.52 Å². The average Bonchev–Trinajstić information content (AvgIpc) is 2.77. The molecule has 0 aliphatic heterocycles. The maximum atomic E-state index is 11.3. The molecule has 0 aliphatic carbocycles. The summed E-state index contributed by atoms with van der Waals surface area (Å²) in [6, 6.07) is 3.07. The second-order valence-corrected chi connectivity index (χ2v) is 4.09. The van der Waals surface area contributed by atoms with E-state index in [0.29, 0.717) is 12.2 Å². The van der Waals surface area contributed by atoms with Gasteiger partial charge in [0.05, 0.1) is 12.0 Å². The fourth-order valence-electron chi connectivity index (χ4n) is 0.964. The lowest BCUT2D eigenvalue weighted by molar-refractivity contribution is -0.117. The van der Waals surface area contributed by atoms with E-state index in [1.165, 1.54) is 24.1 Å². The SMILES string of the molecule is O=C(CSCCCO)NC(=O)c1ccco1. The van der Waals surface area contributed by atoms with Crippen molar-refractivity contribution in [2.45, 2.75) is 6.42 Å². The molecule has 0 spiro atoms. The largest absolute Gasteiger partial charge is 0.459 e. The third-order valence-electron chi connectivity index (χ3n) is 1.68. The van der Waals surface area contributed by atoms with Crippen LogP contribution in [0.3, 0.4) is 0 Å². The molecule has 1 aromatic rings. The van der Waals surface area contributed by atoms with Gasteiger partial charge in [-0.25, -0.2) is 0 Å². The van der Waals surface area contributed by atoms with Crippen LogP contribution < -0.4 is 5.32 Å². The number of aliphatic hydroxyl groups excluding tert-OH is 1. The molecule has 0 aliphatic rings. The van der Waals surface area contributed by atoms with Gasteiger partial charge in [-0.2, -0.15) is 11.8 Å². The van der Waals surface area contributed by atoms with Crippen LogP contribution in [-0.4, -0.2) is 35.0 Å². The number of thioether (sulfide) groups is 1. The van der Waals surface area contributed by atoms with Gasteiger partial charge in [0.15, 0.2) is 5.76 Å². The minimum atomic E-state index is -0.530. The van der Waals surface area contributed by atoms with Crippen molar-refractivity contribution in [2.75, 3.05) is 18.1 Å². The molecule has 2 amide bonds. The molecule has 1 aromatic heterocycles. The van der Waals surface area contributed by atoms with Crippen LogP contribution in [0.5, 0.6) is 0 Å². The molecule has 0 unspecified atom stereocenters. The Labute approximate surface area is 97.2 Å². The molecule has 88 valence electrons. The quantitative estimate of drug-likeness (QED) is 0.717. The zero-order valence-corrected chi connectivity index (χ0v) is 9.46. The molecular formula is C10H13NO4S. The van der Waals surface area contributed by atoms with Crippen molar-refractivity contribution in [2.24, 2.45) is 0 Å². The number of rotatable bonds is 6. The Bertz CT molecular complexity index is 337.